The van der Waals surface area contributed by atoms with E-state index in [9.17, 15) is 19.5 Å². The highest BCUT2D eigenvalue weighted by Gasteiger charge is 2.56. The van der Waals surface area contributed by atoms with Gasteiger partial charge in [0, 0.05) is 10.4 Å². The predicted octanol–water partition coefficient (Wildman–Crippen LogP) is 2.65. The molecule has 0 spiro atoms. The molecule has 0 aromatic heterocycles. The van der Waals surface area contributed by atoms with Crippen LogP contribution in [0.1, 0.15) is 33.3 Å². The normalized spacial score (nSPS) is 15.9. The number of amides is 1. The molecule has 1 aliphatic rings. The van der Waals surface area contributed by atoms with Gasteiger partial charge in [0.1, 0.15) is 5.76 Å². The molecule has 1 atom stereocenters. The van der Waals surface area contributed by atoms with Crippen molar-refractivity contribution in [1.29, 1.82) is 0 Å². The first-order valence-corrected chi connectivity index (χ1v) is 10.3. The largest absolute Gasteiger partial charge is 0.513 e. The van der Waals surface area contributed by atoms with Crippen LogP contribution in [0.4, 0.5) is 4.79 Å². The lowest BCUT2D eigenvalue weighted by atomic mass is 9.63. The third kappa shape index (κ3) is 4.64. The molecule has 32 heavy (non-hydrogen) atoms. The van der Waals surface area contributed by atoms with Crippen LogP contribution in [-0.2, 0) is 24.5 Å². The molecule has 1 aromatic carbocycles. The zero-order valence-corrected chi connectivity index (χ0v) is 19.2. The van der Waals surface area contributed by atoms with Crippen molar-refractivity contribution < 1.29 is 29.0 Å². The minimum absolute atomic E-state index is 0.0792. The quantitative estimate of drug-likeness (QED) is 0.248. The number of hydrogen-bond acceptors (Lipinski definition) is 7. The van der Waals surface area contributed by atoms with Gasteiger partial charge in [-0.15, -0.1) is 0 Å². The van der Waals surface area contributed by atoms with Gasteiger partial charge < -0.3 is 19.9 Å². The van der Waals surface area contributed by atoms with E-state index < -0.39 is 29.0 Å². The summed E-state index contributed by atoms with van der Waals surface area (Å²) in [5.74, 6) is 3.76. The van der Waals surface area contributed by atoms with Gasteiger partial charge in [-0.1, -0.05) is 58.0 Å². The standard InChI is InChI=1S/C22H28ClN3O6/c1-12(2)11-31-20(30)32-16-10-25-18(27)17(16)13(3)22(26-24,19(28)29)21(4,5)14-6-8-15(23)9-7-14/h6-9,12,26H,3,10-11,24H2,1-2,4-5H3,(H,25,27)(H,28,29). The summed E-state index contributed by atoms with van der Waals surface area (Å²) in [7, 11) is 0. The van der Waals surface area contributed by atoms with Crippen molar-refractivity contribution in [2.75, 3.05) is 13.2 Å². The number of ether oxygens (including phenoxy) is 2. The Bertz CT molecular complexity index is 955. The molecule has 9 nitrogen and oxygen atoms in total. The molecule has 1 amide bonds. The number of hydrogen-bond donors (Lipinski definition) is 4. The van der Waals surface area contributed by atoms with Crippen molar-refractivity contribution in [2.24, 2.45) is 11.8 Å². The maximum absolute atomic E-state index is 12.6. The van der Waals surface area contributed by atoms with Crippen molar-refractivity contribution in [3.63, 3.8) is 0 Å². The molecule has 0 fully saturated rings. The minimum atomic E-state index is -2.05. The molecule has 5 N–H and O–H groups in total. The van der Waals surface area contributed by atoms with Crippen molar-refractivity contribution in [3.05, 3.63) is 58.3 Å². The van der Waals surface area contributed by atoms with Gasteiger partial charge in [0.2, 0.25) is 0 Å². The second kappa shape index (κ2) is 9.72. The summed E-state index contributed by atoms with van der Waals surface area (Å²) in [6.45, 7) is 10.9. The number of carboxylic acids is 1. The van der Waals surface area contributed by atoms with Crippen LogP contribution in [0.3, 0.4) is 0 Å². The average Bonchev–Trinajstić information content (AvgIpc) is 3.06. The molecule has 174 valence electrons. The number of hydrazine groups is 1. The van der Waals surface area contributed by atoms with Crippen LogP contribution in [0, 0.1) is 5.92 Å². The summed E-state index contributed by atoms with van der Waals surface area (Å²) >= 11 is 5.98. The Hall–Kier alpha value is -2.88. The fourth-order valence-electron chi connectivity index (χ4n) is 3.59. The Morgan fingerprint density at radius 2 is 1.91 bits per heavy atom. The zero-order chi connectivity index (χ0) is 24.3. The van der Waals surface area contributed by atoms with Gasteiger partial charge in [0.25, 0.3) is 5.91 Å². The predicted molar refractivity (Wildman–Crippen MR) is 119 cm³/mol. The Balaban J connectivity index is 2.55. The molecule has 1 heterocycles. The van der Waals surface area contributed by atoms with E-state index in [0.29, 0.717) is 10.6 Å². The highest BCUT2D eigenvalue weighted by atomic mass is 35.5. The summed E-state index contributed by atoms with van der Waals surface area (Å²) < 4.78 is 10.2. The van der Waals surface area contributed by atoms with Crippen LogP contribution in [-0.4, -0.2) is 41.8 Å². The van der Waals surface area contributed by atoms with Crippen LogP contribution in [0.15, 0.2) is 47.7 Å². The van der Waals surface area contributed by atoms with E-state index in [1.165, 1.54) is 0 Å². The number of nitrogens with one attached hydrogen (secondary N) is 2. The maximum Gasteiger partial charge on any atom is 0.513 e. The maximum atomic E-state index is 12.6. The van der Waals surface area contributed by atoms with E-state index in [1.807, 2.05) is 13.8 Å². The molecular formula is C22H28ClN3O6. The van der Waals surface area contributed by atoms with Gasteiger partial charge in [-0.05, 0) is 29.2 Å². The molecule has 1 unspecified atom stereocenters. The van der Waals surface area contributed by atoms with Gasteiger partial charge in [-0.2, -0.15) is 0 Å². The number of aliphatic carboxylic acids is 1. The molecule has 10 heteroatoms. The van der Waals surface area contributed by atoms with Gasteiger partial charge in [0.15, 0.2) is 5.54 Å². The number of nitrogens with two attached hydrogens (primary N) is 1. The van der Waals surface area contributed by atoms with Crippen molar-refractivity contribution in [1.82, 2.24) is 10.7 Å². The van der Waals surface area contributed by atoms with Crippen molar-refractivity contribution in [2.45, 2.75) is 38.6 Å². The topological polar surface area (TPSA) is 140 Å². The van der Waals surface area contributed by atoms with Crippen LogP contribution >= 0.6 is 11.6 Å². The summed E-state index contributed by atoms with van der Waals surface area (Å²) in [6, 6.07) is 6.56. The number of carbonyl (C=O) groups excluding carboxylic acids is 2. The van der Waals surface area contributed by atoms with E-state index in [4.69, 9.17) is 26.9 Å². The highest BCUT2D eigenvalue weighted by molar-refractivity contribution is 6.30. The van der Waals surface area contributed by atoms with E-state index in [0.717, 1.165) is 0 Å². The molecule has 1 aromatic rings. The number of benzene rings is 1. The third-order valence-electron chi connectivity index (χ3n) is 5.45. The van der Waals surface area contributed by atoms with Gasteiger partial charge in [-0.25, -0.2) is 15.0 Å². The molecule has 0 radical (unpaired) electrons. The van der Waals surface area contributed by atoms with E-state index in [-0.39, 0.29) is 36.0 Å². The number of rotatable bonds is 9. The summed E-state index contributed by atoms with van der Waals surface area (Å²) in [6.07, 6.45) is -1.01. The molecular weight excluding hydrogens is 438 g/mol. The zero-order valence-electron chi connectivity index (χ0n) is 18.5. The monoisotopic (exact) mass is 465 g/mol. The Morgan fingerprint density at radius 3 is 2.41 bits per heavy atom. The average molecular weight is 466 g/mol. The van der Waals surface area contributed by atoms with Crippen molar-refractivity contribution >= 4 is 29.6 Å². The summed E-state index contributed by atoms with van der Waals surface area (Å²) in [4.78, 5) is 37.3. The van der Waals surface area contributed by atoms with E-state index >= 15 is 0 Å². The Kier molecular flexibility index (Phi) is 7.71. The SMILES string of the molecule is C=C(C1=C(OC(=O)OCC(C)C)CNC1=O)C(NN)(C(=O)O)C(C)(C)c1ccc(Cl)cc1. The molecule has 0 saturated carbocycles. The first-order chi connectivity index (χ1) is 14.9. The van der Waals surface area contributed by atoms with E-state index in [2.05, 4.69) is 17.3 Å². The minimum Gasteiger partial charge on any atom is -0.480 e. The van der Waals surface area contributed by atoms with Gasteiger partial charge in [-0.3, -0.25) is 10.6 Å². The lowest BCUT2D eigenvalue weighted by Crippen LogP contribution is -2.67. The smallest absolute Gasteiger partial charge is 0.480 e. The Labute approximate surface area is 191 Å². The van der Waals surface area contributed by atoms with Crippen LogP contribution in [0.2, 0.25) is 5.02 Å². The number of carboxylic acid groups (broad SMARTS) is 1. The molecule has 0 aliphatic carbocycles. The highest BCUT2D eigenvalue weighted by Crippen LogP contribution is 2.43. The number of carbonyl (C=O) groups is 3. The van der Waals surface area contributed by atoms with Crippen LogP contribution < -0.4 is 16.6 Å². The fraction of sp³-hybridized carbons (Fsp3) is 0.409. The van der Waals surface area contributed by atoms with Crippen molar-refractivity contribution in [3.8, 4) is 0 Å². The summed E-state index contributed by atoms with van der Waals surface area (Å²) in [5, 5.41) is 13.3. The Morgan fingerprint density at radius 1 is 1.31 bits per heavy atom. The van der Waals surface area contributed by atoms with E-state index in [1.54, 1.807) is 38.1 Å². The number of halogens is 1. The fourth-order valence-corrected chi connectivity index (χ4v) is 3.72. The van der Waals surface area contributed by atoms with Crippen LogP contribution in [0.25, 0.3) is 0 Å². The second-order valence-electron chi connectivity index (χ2n) is 8.35. The lowest BCUT2D eigenvalue weighted by molar-refractivity contribution is -0.145. The molecule has 0 saturated heterocycles. The summed E-state index contributed by atoms with van der Waals surface area (Å²) in [5.41, 5.74) is -0.701. The van der Waals surface area contributed by atoms with Gasteiger partial charge >= 0.3 is 12.1 Å². The second-order valence-corrected chi connectivity index (χ2v) is 8.78. The molecule has 0 bridgehead atoms. The lowest BCUT2D eigenvalue weighted by Gasteiger charge is -2.44. The van der Waals surface area contributed by atoms with Crippen LogP contribution in [0.5, 0.6) is 0 Å². The third-order valence-corrected chi connectivity index (χ3v) is 5.70. The van der Waals surface area contributed by atoms with Gasteiger partial charge in [0.05, 0.1) is 18.7 Å². The molecule has 2 rings (SSSR count). The molecule has 1 aliphatic heterocycles. The first kappa shape index (κ1) is 25.4. The first-order valence-electron chi connectivity index (χ1n) is 9.91.